The van der Waals surface area contributed by atoms with Crippen LogP contribution in [0, 0.1) is 0 Å². The zero-order valence-corrected chi connectivity index (χ0v) is 18.4. The molecule has 0 unspecified atom stereocenters. The summed E-state index contributed by atoms with van der Waals surface area (Å²) >= 11 is 18.5. The van der Waals surface area contributed by atoms with E-state index in [1.807, 2.05) is 30.3 Å². The van der Waals surface area contributed by atoms with Gasteiger partial charge < -0.3 is 25.0 Å². The number of rotatable bonds is 6. The van der Waals surface area contributed by atoms with Crippen LogP contribution in [0.3, 0.4) is 0 Å². The first-order chi connectivity index (χ1) is 14.8. The summed E-state index contributed by atoms with van der Waals surface area (Å²) in [5.41, 5.74) is 1.00. The molecule has 1 aliphatic rings. The van der Waals surface area contributed by atoms with Crippen molar-refractivity contribution >= 4 is 46.7 Å². The quantitative estimate of drug-likeness (QED) is 0.515. The van der Waals surface area contributed by atoms with Crippen LogP contribution < -0.4 is 10.1 Å². The first kappa shape index (κ1) is 25.0. The van der Waals surface area contributed by atoms with Gasteiger partial charge in [0.25, 0.3) is 0 Å². The second kappa shape index (κ2) is 12.5. The van der Waals surface area contributed by atoms with Crippen molar-refractivity contribution < 1.29 is 29.3 Å². The highest BCUT2D eigenvalue weighted by atomic mass is 35.5. The van der Waals surface area contributed by atoms with Crippen LogP contribution in [0.15, 0.2) is 54.6 Å². The van der Waals surface area contributed by atoms with Crippen LogP contribution in [-0.2, 0) is 14.3 Å². The van der Waals surface area contributed by atoms with Gasteiger partial charge >= 0.3 is 11.9 Å². The molecule has 3 N–H and O–H groups in total. The Labute approximate surface area is 194 Å². The SMILES string of the molecule is Clc1cc(Cl)c(O[C@@H](c2ccccc2)[C@@H]2CNCCO2)c(Cl)c1.O=C(O)/C=C/C(=O)O. The number of halogens is 3. The number of nitrogens with one attached hydrogen (secondary N) is 1. The molecule has 1 heterocycles. The molecule has 0 amide bonds. The smallest absolute Gasteiger partial charge is 0.328 e. The minimum atomic E-state index is -1.26. The monoisotopic (exact) mass is 487 g/mol. The highest BCUT2D eigenvalue weighted by Gasteiger charge is 2.29. The fourth-order valence-corrected chi connectivity index (χ4v) is 3.60. The molecule has 2 aromatic carbocycles. The number of carboxylic acids is 2. The van der Waals surface area contributed by atoms with Gasteiger partial charge in [0.05, 0.1) is 16.7 Å². The predicted molar refractivity (Wildman–Crippen MR) is 118 cm³/mol. The van der Waals surface area contributed by atoms with E-state index in [4.69, 9.17) is 54.5 Å². The fraction of sp³-hybridized carbons (Fsp3) is 0.238. The van der Waals surface area contributed by atoms with Gasteiger partial charge in [-0.25, -0.2) is 9.59 Å². The molecule has 7 nitrogen and oxygen atoms in total. The minimum Gasteiger partial charge on any atom is -0.480 e. The Morgan fingerprint density at radius 1 is 1.06 bits per heavy atom. The van der Waals surface area contributed by atoms with Crippen LogP contribution in [0.5, 0.6) is 5.75 Å². The predicted octanol–water partition coefficient (Wildman–Crippen LogP) is 4.47. The number of carboxylic acid groups (broad SMARTS) is 2. The van der Waals surface area contributed by atoms with Crippen LogP contribution >= 0.6 is 34.8 Å². The van der Waals surface area contributed by atoms with E-state index >= 15 is 0 Å². The zero-order chi connectivity index (χ0) is 22.8. The summed E-state index contributed by atoms with van der Waals surface area (Å²) in [6.07, 6.45) is 0.666. The first-order valence-electron chi connectivity index (χ1n) is 9.10. The average molecular weight is 489 g/mol. The van der Waals surface area contributed by atoms with E-state index < -0.39 is 11.9 Å². The van der Waals surface area contributed by atoms with Crippen molar-refractivity contribution in [3.63, 3.8) is 0 Å². The van der Waals surface area contributed by atoms with E-state index in [1.165, 1.54) is 0 Å². The van der Waals surface area contributed by atoms with Crippen LogP contribution in [0.25, 0.3) is 0 Å². The van der Waals surface area contributed by atoms with Crippen LogP contribution in [0.1, 0.15) is 11.7 Å². The van der Waals surface area contributed by atoms with Crippen molar-refractivity contribution in [1.29, 1.82) is 0 Å². The van der Waals surface area contributed by atoms with Crippen molar-refractivity contribution in [3.8, 4) is 5.75 Å². The van der Waals surface area contributed by atoms with E-state index in [-0.39, 0.29) is 12.2 Å². The highest BCUT2D eigenvalue weighted by Crippen LogP contribution is 2.39. The van der Waals surface area contributed by atoms with Crippen LogP contribution in [0.4, 0.5) is 0 Å². The van der Waals surface area contributed by atoms with Gasteiger partial charge in [-0.3, -0.25) is 0 Å². The van der Waals surface area contributed by atoms with Crippen molar-refractivity contribution in [2.75, 3.05) is 19.7 Å². The lowest BCUT2D eigenvalue weighted by Crippen LogP contribution is -2.43. The van der Waals surface area contributed by atoms with E-state index in [9.17, 15) is 9.59 Å². The van der Waals surface area contributed by atoms with Gasteiger partial charge in [-0.2, -0.15) is 0 Å². The van der Waals surface area contributed by atoms with Gasteiger partial charge in [-0.15, -0.1) is 0 Å². The summed E-state index contributed by atoms with van der Waals surface area (Å²) in [5, 5.41) is 20.2. The maximum Gasteiger partial charge on any atom is 0.328 e. The molecule has 0 radical (unpaired) electrons. The fourth-order valence-electron chi connectivity index (χ4n) is 2.69. The number of benzene rings is 2. The normalized spacial score (nSPS) is 16.8. The summed E-state index contributed by atoms with van der Waals surface area (Å²) in [5.74, 6) is -2.10. The average Bonchev–Trinajstić information content (AvgIpc) is 2.73. The number of morpholine rings is 1. The lowest BCUT2D eigenvalue weighted by molar-refractivity contribution is -0.134. The van der Waals surface area contributed by atoms with Gasteiger partial charge in [0.2, 0.25) is 0 Å². The summed E-state index contributed by atoms with van der Waals surface area (Å²) < 4.78 is 12.0. The Kier molecular flexibility index (Phi) is 10.1. The van der Waals surface area contributed by atoms with Crippen LogP contribution in [-0.4, -0.2) is 48.0 Å². The summed E-state index contributed by atoms with van der Waals surface area (Å²) in [7, 11) is 0. The maximum atomic E-state index is 9.55. The molecule has 31 heavy (non-hydrogen) atoms. The second-order valence-corrected chi connectivity index (χ2v) is 7.52. The van der Waals surface area contributed by atoms with Gasteiger partial charge in [0.15, 0.2) is 11.9 Å². The molecule has 166 valence electrons. The van der Waals surface area contributed by atoms with Gasteiger partial charge in [0.1, 0.15) is 6.10 Å². The molecule has 2 aromatic rings. The van der Waals surface area contributed by atoms with Crippen LogP contribution in [0.2, 0.25) is 15.1 Å². The van der Waals surface area contributed by atoms with Crippen molar-refractivity contribution in [2.24, 2.45) is 0 Å². The summed E-state index contributed by atoms with van der Waals surface area (Å²) in [6.45, 7) is 2.17. The molecule has 3 rings (SSSR count). The van der Waals surface area contributed by atoms with Gasteiger partial charge in [-0.1, -0.05) is 65.1 Å². The third kappa shape index (κ3) is 8.40. The molecule has 10 heteroatoms. The Morgan fingerprint density at radius 3 is 2.13 bits per heavy atom. The minimum absolute atomic E-state index is 0.131. The first-order valence-corrected chi connectivity index (χ1v) is 10.2. The number of carbonyl (C=O) groups is 2. The number of aliphatic carboxylic acids is 2. The second-order valence-electron chi connectivity index (χ2n) is 6.27. The summed E-state index contributed by atoms with van der Waals surface area (Å²) in [4.78, 5) is 19.1. The van der Waals surface area contributed by atoms with E-state index in [1.54, 1.807) is 12.1 Å². The third-order valence-corrected chi connectivity index (χ3v) is 4.78. The van der Waals surface area contributed by atoms with Crippen molar-refractivity contribution in [2.45, 2.75) is 12.2 Å². The summed E-state index contributed by atoms with van der Waals surface area (Å²) in [6, 6.07) is 13.1. The molecule has 2 atom stereocenters. The molecule has 1 saturated heterocycles. The van der Waals surface area contributed by atoms with Gasteiger partial charge in [-0.05, 0) is 17.7 Å². The topological polar surface area (TPSA) is 105 Å². The molecule has 0 aliphatic carbocycles. The lowest BCUT2D eigenvalue weighted by Gasteiger charge is -2.32. The number of hydrogen-bond acceptors (Lipinski definition) is 5. The molecular weight excluding hydrogens is 469 g/mol. The standard InChI is InChI=1S/C17H16Cl3NO2.C4H4O4/c18-12-8-13(19)17(14(20)9-12)23-16(11-4-2-1-3-5-11)15-10-21-6-7-22-15;5-3(6)1-2-4(7)8/h1-5,8-9,15-16,21H,6-7,10H2;1-2H,(H,5,6)(H,7,8)/b;2-1+/t15-,16-;/m0./s1. The number of ether oxygens (including phenoxy) is 2. The zero-order valence-electron chi connectivity index (χ0n) is 16.1. The molecule has 0 bridgehead atoms. The van der Waals surface area contributed by atoms with Gasteiger partial charge in [0, 0.05) is 30.3 Å². The largest absolute Gasteiger partial charge is 0.480 e. The molecule has 1 fully saturated rings. The van der Waals surface area contributed by atoms with Crippen molar-refractivity contribution in [3.05, 3.63) is 75.2 Å². The number of hydrogen-bond donors (Lipinski definition) is 3. The Balaban J connectivity index is 0.000000366. The third-order valence-electron chi connectivity index (χ3n) is 4.00. The molecule has 0 saturated carbocycles. The van der Waals surface area contributed by atoms with E-state index in [0.717, 1.165) is 12.1 Å². The molecule has 0 spiro atoms. The Bertz CT molecular complexity index is 878. The Morgan fingerprint density at radius 2 is 1.65 bits per heavy atom. The van der Waals surface area contributed by atoms with Crippen molar-refractivity contribution in [1.82, 2.24) is 5.32 Å². The van der Waals surface area contributed by atoms with E-state index in [0.29, 0.717) is 46.1 Å². The van der Waals surface area contributed by atoms with E-state index in [2.05, 4.69) is 5.32 Å². The molecule has 1 aliphatic heterocycles. The molecule has 0 aromatic heterocycles. The lowest BCUT2D eigenvalue weighted by atomic mass is 10.0. The highest BCUT2D eigenvalue weighted by molar-refractivity contribution is 6.40. The molecular formula is C21H20Cl3NO6. The maximum absolute atomic E-state index is 9.55. The Hall–Kier alpha value is -2.29.